The van der Waals surface area contributed by atoms with Gasteiger partial charge in [0.05, 0.1) is 43.5 Å². The van der Waals surface area contributed by atoms with Crippen molar-refractivity contribution in [3.05, 3.63) is 60.1 Å². The second-order valence-electron chi connectivity index (χ2n) is 10.8. The van der Waals surface area contributed by atoms with Crippen molar-refractivity contribution in [1.29, 1.82) is 5.26 Å². The minimum absolute atomic E-state index is 0. The smallest absolute Gasteiger partial charge is 0.251 e. The third-order valence-corrected chi connectivity index (χ3v) is 8.17. The molecule has 4 aromatic heterocycles. The summed E-state index contributed by atoms with van der Waals surface area (Å²) in [6.45, 7) is 4.99. The Morgan fingerprint density at radius 2 is 2.02 bits per heavy atom. The first-order chi connectivity index (χ1) is 20.6. The predicted octanol–water partition coefficient (Wildman–Crippen LogP) is 2.15. The highest BCUT2D eigenvalue weighted by atomic mass is 32.1. The van der Waals surface area contributed by atoms with Crippen molar-refractivity contribution in [2.24, 2.45) is 0 Å². The van der Waals surface area contributed by atoms with E-state index in [4.69, 9.17) is 24.2 Å². The number of pyridine rings is 2. The molecule has 3 atom stereocenters. The number of aromatic nitrogens is 5. The lowest BCUT2D eigenvalue weighted by Crippen LogP contribution is -2.68. The van der Waals surface area contributed by atoms with Crippen LogP contribution in [-0.2, 0) is 11.3 Å². The zero-order chi connectivity index (χ0) is 28.6. The summed E-state index contributed by atoms with van der Waals surface area (Å²) in [5, 5.41) is 16.8. The molecule has 14 heteroatoms. The Kier molecular flexibility index (Phi) is 8.31. The van der Waals surface area contributed by atoms with Crippen LogP contribution >= 0.6 is 13.5 Å². The van der Waals surface area contributed by atoms with Crippen LogP contribution in [0.3, 0.4) is 0 Å². The molecule has 4 saturated heterocycles. The van der Waals surface area contributed by atoms with E-state index in [2.05, 4.69) is 31.3 Å². The molecule has 12 nitrogen and oxygen atoms in total. The molecule has 0 aliphatic carbocycles. The number of morpholine rings is 1. The molecule has 1 N–H and O–H groups in total. The number of nitrogens with one attached hydrogen (secondary N) is 1. The van der Waals surface area contributed by atoms with E-state index in [9.17, 15) is 9.65 Å². The molecule has 0 saturated carbocycles. The first-order valence-corrected chi connectivity index (χ1v) is 14.0. The van der Waals surface area contributed by atoms with Crippen LogP contribution < -0.4 is 19.7 Å². The molecule has 0 aromatic carbocycles. The number of nitriles is 1. The molecular formula is C29H32FN9O3S. The fraction of sp³-hybridized carbons (Fsp3) is 0.414. The highest BCUT2D eigenvalue weighted by Crippen LogP contribution is 2.36. The van der Waals surface area contributed by atoms with E-state index in [1.807, 2.05) is 18.3 Å². The van der Waals surface area contributed by atoms with E-state index in [-0.39, 0.29) is 25.2 Å². The molecule has 224 valence electrons. The van der Waals surface area contributed by atoms with Gasteiger partial charge in [0.1, 0.15) is 35.9 Å². The summed E-state index contributed by atoms with van der Waals surface area (Å²) in [7, 11) is 1.62. The van der Waals surface area contributed by atoms with Gasteiger partial charge >= 0.3 is 0 Å². The fourth-order valence-electron chi connectivity index (χ4n) is 6.01. The van der Waals surface area contributed by atoms with Crippen LogP contribution in [0.4, 0.5) is 10.2 Å². The van der Waals surface area contributed by atoms with Crippen molar-refractivity contribution in [3.63, 3.8) is 0 Å². The number of halogens is 1. The van der Waals surface area contributed by atoms with Crippen LogP contribution in [0.5, 0.6) is 11.6 Å². The first-order valence-electron chi connectivity index (χ1n) is 14.0. The van der Waals surface area contributed by atoms with Crippen LogP contribution in [-0.4, -0.2) is 94.2 Å². The predicted molar refractivity (Wildman–Crippen MR) is 160 cm³/mol. The molecule has 0 radical (unpaired) electrons. The second-order valence-corrected chi connectivity index (χ2v) is 10.8. The number of nitrogens with zero attached hydrogens (tertiary/aromatic N) is 8. The lowest BCUT2D eigenvalue weighted by molar-refractivity contribution is -0.00879. The Bertz CT molecular complexity index is 1610. The van der Waals surface area contributed by atoms with Crippen molar-refractivity contribution in [1.82, 2.24) is 34.8 Å². The number of hydrogen-bond acceptors (Lipinski definition) is 11. The van der Waals surface area contributed by atoms with Gasteiger partial charge in [-0.3, -0.25) is 9.88 Å². The van der Waals surface area contributed by atoms with Gasteiger partial charge in [-0.05, 0) is 18.1 Å². The molecule has 0 amide bonds. The maximum absolute atomic E-state index is 14.6. The lowest BCUT2D eigenvalue weighted by Gasteiger charge is -2.56. The molecule has 8 heterocycles. The Balaban J connectivity index is 0.00000329. The summed E-state index contributed by atoms with van der Waals surface area (Å²) in [6, 6.07) is 8.49. The minimum Gasteiger partial charge on any atom is -0.489 e. The average Bonchev–Trinajstić information content (AvgIpc) is 3.37. The Labute approximate surface area is 254 Å². The molecule has 4 aromatic rings. The van der Waals surface area contributed by atoms with Crippen LogP contribution in [0.25, 0.3) is 16.8 Å². The quantitative estimate of drug-likeness (QED) is 0.318. The fourth-order valence-corrected chi connectivity index (χ4v) is 6.01. The standard InChI is InChI=1S/C29H30FN9O3.H2S/c1-40-27-3-2-18(9-35-27)13-38-19-6-20(38)15-37(14-19)26-12-33-25(11-34-26)23-7-21(42-17-22-10-32-4-5-41-22)16-39-28(23)24(8-31)29(30)36-39;/h2-3,7,9,11-12,16,19-20,22,32H,4-6,10,13-15,17H2,1H3;1H2/t19?,20?,22-;/m0./s1. The maximum atomic E-state index is 14.6. The van der Waals surface area contributed by atoms with Crippen LogP contribution in [0.1, 0.15) is 17.5 Å². The Morgan fingerprint density at radius 1 is 1.16 bits per heavy atom. The number of piperazine rings is 1. The van der Waals surface area contributed by atoms with Crippen molar-refractivity contribution in [2.45, 2.75) is 31.2 Å². The monoisotopic (exact) mass is 605 g/mol. The van der Waals surface area contributed by atoms with Crippen LogP contribution in [0, 0.1) is 17.3 Å². The number of fused-ring (bicyclic) bond motifs is 3. The van der Waals surface area contributed by atoms with Gasteiger partial charge in [0, 0.05) is 62.6 Å². The summed E-state index contributed by atoms with van der Waals surface area (Å²) in [5.74, 6) is 1.02. The van der Waals surface area contributed by atoms with E-state index >= 15 is 0 Å². The van der Waals surface area contributed by atoms with Gasteiger partial charge in [-0.2, -0.15) is 23.1 Å². The third-order valence-electron chi connectivity index (χ3n) is 8.17. The molecule has 2 unspecified atom stereocenters. The van der Waals surface area contributed by atoms with E-state index in [0.29, 0.717) is 60.2 Å². The van der Waals surface area contributed by atoms with Crippen LogP contribution in [0.2, 0.25) is 0 Å². The average molecular weight is 606 g/mol. The van der Waals surface area contributed by atoms with Gasteiger partial charge in [-0.25, -0.2) is 14.5 Å². The molecule has 4 aliphatic heterocycles. The summed E-state index contributed by atoms with van der Waals surface area (Å²) in [5.41, 5.74) is 2.35. The number of hydrogen-bond donors (Lipinski definition) is 1. The van der Waals surface area contributed by atoms with Crippen molar-refractivity contribution < 1.29 is 18.6 Å². The Hall–Kier alpha value is -4.03. The molecule has 4 aliphatic rings. The lowest BCUT2D eigenvalue weighted by atomic mass is 9.87. The summed E-state index contributed by atoms with van der Waals surface area (Å²) in [4.78, 5) is 18.5. The molecular weight excluding hydrogens is 573 g/mol. The van der Waals surface area contributed by atoms with Gasteiger partial charge in [0.25, 0.3) is 5.95 Å². The van der Waals surface area contributed by atoms with Crippen LogP contribution in [0.15, 0.2) is 43.0 Å². The Morgan fingerprint density at radius 3 is 2.70 bits per heavy atom. The zero-order valence-corrected chi connectivity index (χ0v) is 24.6. The molecule has 0 spiro atoms. The summed E-state index contributed by atoms with van der Waals surface area (Å²) < 4.78 is 32.8. The number of rotatable bonds is 8. The number of ether oxygens (including phenoxy) is 3. The largest absolute Gasteiger partial charge is 0.489 e. The topological polar surface area (TPSA) is 126 Å². The van der Waals surface area contributed by atoms with Crippen molar-refractivity contribution in [2.75, 3.05) is 51.4 Å². The van der Waals surface area contributed by atoms with Gasteiger partial charge in [-0.1, -0.05) is 6.07 Å². The van der Waals surface area contributed by atoms with E-state index < -0.39 is 5.95 Å². The molecule has 8 rings (SSSR count). The van der Waals surface area contributed by atoms with Gasteiger partial charge in [-0.15, -0.1) is 5.10 Å². The minimum atomic E-state index is -0.845. The number of methoxy groups -OCH3 is 1. The zero-order valence-electron chi connectivity index (χ0n) is 23.6. The van der Waals surface area contributed by atoms with Crippen molar-refractivity contribution in [3.8, 4) is 29.0 Å². The van der Waals surface area contributed by atoms with E-state index in [0.717, 1.165) is 44.0 Å². The third kappa shape index (κ3) is 5.68. The molecule has 4 fully saturated rings. The summed E-state index contributed by atoms with van der Waals surface area (Å²) >= 11 is 0. The summed E-state index contributed by atoms with van der Waals surface area (Å²) in [6.07, 6.45) is 7.89. The second kappa shape index (κ2) is 12.3. The number of piperidine rings is 1. The van der Waals surface area contributed by atoms with Gasteiger partial charge < -0.3 is 24.4 Å². The first kappa shape index (κ1) is 29.1. The molecule has 2 bridgehead atoms. The normalized spacial score (nSPS) is 21.5. The molecule has 43 heavy (non-hydrogen) atoms. The highest BCUT2D eigenvalue weighted by molar-refractivity contribution is 7.59. The van der Waals surface area contributed by atoms with E-state index in [1.165, 1.54) is 4.52 Å². The van der Waals surface area contributed by atoms with Gasteiger partial charge in [0.2, 0.25) is 5.88 Å². The van der Waals surface area contributed by atoms with Gasteiger partial charge in [0.15, 0.2) is 0 Å². The van der Waals surface area contributed by atoms with Crippen molar-refractivity contribution >= 4 is 24.8 Å². The number of anilines is 1. The maximum Gasteiger partial charge on any atom is 0.251 e. The van der Waals surface area contributed by atoms with E-state index in [1.54, 1.807) is 31.8 Å². The SMILES string of the molecule is COc1ccc(CN2C3CC2CN(c2cnc(-c4cc(OC[C@@H]5CNCCO5)cn5nc(F)c(C#N)c45)cn2)C3)cn1.S. The highest BCUT2D eigenvalue weighted by Gasteiger charge is 2.44.